The van der Waals surface area contributed by atoms with E-state index < -0.39 is 0 Å². The molecule has 0 aromatic carbocycles. The monoisotopic (exact) mass is 320 g/mol. The highest BCUT2D eigenvalue weighted by Gasteiger charge is 2.19. The van der Waals surface area contributed by atoms with E-state index in [4.69, 9.17) is 0 Å². The van der Waals surface area contributed by atoms with Crippen LogP contribution in [0, 0.1) is 0 Å². The summed E-state index contributed by atoms with van der Waals surface area (Å²) in [4.78, 5) is 12.5. The average Bonchev–Trinajstić information content (AvgIpc) is 3.11. The van der Waals surface area contributed by atoms with Crippen LogP contribution in [-0.2, 0) is 6.42 Å². The fraction of sp³-hybridized carbons (Fsp3) is 0.357. The first kappa shape index (κ1) is 14.2. The van der Waals surface area contributed by atoms with E-state index in [9.17, 15) is 4.79 Å². The summed E-state index contributed by atoms with van der Waals surface area (Å²) >= 11 is 3.06. The molecule has 0 radical (unpaired) electrons. The van der Waals surface area contributed by atoms with E-state index in [1.165, 1.54) is 11.3 Å². The Hall–Kier alpha value is -1.73. The van der Waals surface area contributed by atoms with Gasteiger partial charge in [0.25, 0.3) is 5.91 Å². The second-order valence-electron chi connectivity index (χ2n) is 4.97. The first-order valence-corrected chi connectivity index (χ1v) is 8.52. The van der Waals surface area contributed by atoms with Gasteiger partial charge in [-0.25, -0.2) is 0 Å². The summed E-state index contributed by atoms with van der Waals surface area (Å²) in [5.41, 5.74) is 1.77. The van der Waals surface area contributed by atoms with E-state index in [1.807, 2.05) is 18.4 Å². The molecule has 0 bridgehead atoms. The molecule has 110 valence electrons. The SMILES string of the molecule is CCc1nnc(NC(=O)c2cc3sccc3n2C(C)C)s1. The Morgan fingerprint density at radius 2 is 2.24 bits per heavy atom. The number of fused-ring (bicyclic) bond motifs is 1. The minimum Gasteiger partial charge on any atom is -0.333 e. The topological polar surface area (TPSA) is 59.8 Å². The molecule has 3 rings (SSSR count). The number of aryl methyl sites for hydroxylation is 1. The fourth-order valence-corrected chi connectivity index (χ4v) is 3.77. The zero-order valence-electron chi connectivity index (χ0n) is 12.1. The highest BCUT2D eigenvalue weighted by atomic mass is 32.1. The van der Waals surface area contributed by atoms with Crippen molar-refractivity contribution in [2.45, 2.75) is 33.2 Å². The Kier molecular flexibility index (Phi) is 3.77. The minimum absolute atomic E-state index is 0.133. The summed E-state index contributed by atoms with van der Waals surface area (Å²) in [5, 5.41) is 14.4. The van der Waals surface area contributed by atoms with Gasteiger partial charge in [-0.1, -0.05) is 18.3 Å². The Morgan fingerprint density at radius 1 is 1.43 bits per heavy atom. The lowest BCUT2D eigenvalue weighted by Crippen LogP contribution is -2.18. The van der Waals surface area contributed by atoms with Crippen LogP contribution in [0.25, 0.3) is 10.2 Å². The van der Waals surface area contributed by atoms with E-state index in [1.54, 1.807) is 11.3 Å². The number of aromatic nitrogens is 3. The van der Waals surface area contributed by atoms with Crippen LogP contribution in [0.1, 0.15) is 42.3 Å². The Morgan fingerprint density at radius 3 is 2.90 bits per heavy atom. The van der Waals surface area contributed by atoms with E-state index >= 15 is 0 Å². The maximum atomic E-state index is 12.5. The fourth-order valence-electron chi connectivity index (χ4n) is 2.28. The first-order valence-electron chi connectivity index (χ1n) is 6.82. The highest BCUT2D eigenvalue weighted by molar-refractivity contribution is 7.17. The zero-order chi connectivity index (χ0) is 15.0. The third-order valence-corrected chi connectivity index (χ3v) is 5.04. The molecule has 0 aliphatic rings. The van der Waals surface area contributed by atoms with Crippen LogP contribution in [0.5, 0.6) is 0 Å². The molecule has 3 heterocycles. The van der Waals surface area contributed by atoms with Crippen molar-refractivity contribution in [2.24, 2.45) is 0 Å². The van der Waals surface area contributed by atoms with Crippen LogP contribution >= 0.6 is 22.7 Å². The summed E-state index contributed by atoms with van der Waals surface area (Å²) in [7, 11) is 0. The third kappa shape index (κ3) is 2.58. The lowest BCUT2D eigenvalue weighted by molar-refractivity contribution is 0.101. The Balaban J connectivity index is 1.93. The second kappa shape index (κ2) is 5.57. The van der Waals surface area contributed by atoms with Gasteiger partial charge in [0.1, 0.15) is 10.7 Å². The van der Waals surface area contributed by atoms with Crippen LogP contribution in [-0.4, -0.2) is 20.7 Å². The van der Waals surface area contributed by atoms with Crippen molar-refractivity contribution in [3.05, 3.63) is 28.2 Å². The number of carbonyl (C=O) groups is 1. The third-order valence-electron chi connectivity index (χ3n) is 3.20. The van der Waals surface area contributed by atoms with E-state index in [0.29, 0.717) is 10.8 Å². The summed E-state index contributed by atoms with van der Waals surface area (Å²) in [5.74, 6) is -0.133. The molecule has 7 heteroatoms. The van der Waals surface area contributed by atoms with Gasteiger partial charge in [0.05, 0.1) is 10.2 Å². The Bertz CT molecular complexity index is 784. The molecule has 0 saturated carbocycles. The summed E-state index contributed by atoms with van der Waals surface area (Å²) < 4.78 is 3.18. The van der Waals surface area contributed by atoms with Gasteiger partial charge in [-0.3, -0.25) is 10.1 Å². The van der Waals surface area contributed by atoms with Gasteiger partial charge in [-0.2, -0.15) is 0 Å². The molecule has 1 amide bonds. The van der Waals surface area contributed by atoms with E-state index in [0.717, 1.165) is 21.6 Å². The van der Waals surface area contributed by atoms with Gasteiger partial charge >= 0.3 is 0 Å². The van der Waals surface area contributed by atoms with Crippen molar-refractivity contribution < 1.29 is 4.79 Å². The molecule has 3 aromatic heterocycles. The van der Waals surface area contributed by atoms with Crippen LogP contribution in [0.2, 0.25) is 0 Å². The van der Waals surface area contributed by atoms with Crippen LogP contribution in [0.3, 0.4) is 0 Å². The van der Waals surface area contributed by atoms with Gasteiger partial charge in [-0.05, 0) is 37.8 Å². The second-order valence-corrected chi connectivity index (χ2v) is 6.98. The van der Waals surface area contributed by atoms with Gasteiger partial charge in [-0.15, -0.1) is 21.5 Å². The molecule has 0 saturated heterocycles. The first-order chi connectivity index (χ1) is 10.1. The van der Waals surface area contributed by atoms with Crippen LogP contribution in [0.4, 0.5) is 5.13 Å². The maximum Gasteiger partial charge on any atom is 0.274 e. The standard InChI is InChI=1S/C14H16N4OS2/c1-4-12-16-17-14(21-12)15-13(19)10-7-11-9(5-6-20-11)18(10)8(2)3/h5-8H,4H2,1-3H3,(H,15,17,19). The molecule has 0 spiro atoms. The van der Waals surface area contributed by atoms with Gasteiger partial charge in [0, 0.05) is 6.04 Å². The van der Waals surface area contributed by atoms with E-state index in [2.05, 4.69) is 40.0 Å². The number of hydrogen-bond acceptors (Lipinski definition) is 5. The lowest BCUT2D eigenvalue weighted by atomic mass is 10.3. The van der Waals surface area contributed by atoms with Crippen molar-refractivity contribution in [3.8, 4) is 0 Å². The van der Waals surface area contributed by atoms with Crippen molar-refractivity contribution in [3.63, 3.8) is 0 Å². The molecule has 1 N–H and O–H groups in total. The largest absolute Gasteiger partial charge is 0.333 e. The number of amides is 1. The predicted molar refractivity (Wildman–Crippen MR) is 87.4 cm³/mol. The number of rotatable bonds is 4. The molecule has 0 fully saturated rings. The maximum absolute atomic E-state index is 12.5. The summed E-state index contributed by atoms with van der Waals surface area (Å²) in [6.45, 7) is 6.17. The molecule has 21 heavy (non-hydrogen) atoms. The number of anilines is 1. The van der Waals surface area contributed by atoms with Crippen molar-refractivity contribution in [1.82, 2.24) is 14.8 Å². The molecular formula is C14H16N4OS2. The molecule has 0 aliphatic carbocycles. The number of thiophene rings is 1. The zero-order valence-corrected chi connectivity index (χ0v) is 13.7. The van der Waals surface area contributed by atoms with Gasteiger partial charge in [0.2, 0.25) is 5.13 Å². The molecule has 0 aliphatic heterocycles. The molecule has 0 unspecified atom stereocenters. The van der Waals surface area contributed by atoms with E-state index in [-0.39, 0.29) is 11.9 Å². The average molecular weight is 320 g/mol. The minimum atomic E-state index is -0.133. The molecule has 5 nitrogen and oxygen atoms in total. The number of nitrogens with zero attached hydrogens (tertiary/aromatic N) is 3. The Labute approximate surface area is 130 Å². The van der Waals surface area contributed by atoms with Crippen LogP contribution < -0.4 is 5.32 Å². The van der Waals surface area contributed by atoms with Gasteiger partial charge < -0.3 is 4.57 Å². The smallest absolute Gasteiger partial charge is 0.274 e. The molecule has 0 atom stereocenters. The normalized spacial score (nSPS) is 11.4. The number of hydrogen-bond donors (Lipinski definition) is 1. The van der Waals surface area contributed by atoms with Gasteiger partial charge in [0.15, 0.2) is 0 Å². The summed E-state index contributed by atoms with van der Waals surface area (Å²) in [6.07, 6.45) is 0.825. The highest BCUT2D eigenvalue weighted by Crippen LogP contribution is 2.29. The summed E-state index contributed by atoms with van der Waals surface area (Å²) in [6, 6.07) is 4.21. The quantitative estimate of drug-likeness (QED) is 0.792. The van der Waals surface area contributed by atoms with Crippen LogP contribution in [0.15, 0.2) is 17.5 Å². The lowest BCUT2D eigenvalue weighted by Gasteiger charge is -2.13. The van der Waals surface area contributed by atoms with Crippen molar-refractivity contribution in [2.75, 3.05) is 5.32 Å². The molecular weight excluding hydrogens is 304 g/mol. The van der Waals surface area contributed by atoms with Crippen molar-refractivity contribution in [1.29, 1.82) is 0 Å². The predicted octanol–water partition coefficient (Wildman–Crippen LogP) is 3.95. The van der Waals surface area contributed by atoms with Crippen molar-refractivity contribution >= 4 is 43.9 Å². The number of carbonyl (C=O) groups excluding carboxylic acids is 1. The number of nitrogens with one attached hydrogen (secondary N) is 1. The molecule has 3 aromatic rings.